The van der Waals surface area contributed by atoms with Crippen LogP contribution >= 0.6 is 0 Å². The van der Waals surface area contributed by atoms with Crippen LogP contribution in [0.3, 0.4) is 0 Å². The molecule has 7 nitrogen and oxygen atoms in total. The second-order valence-corrected chi connectivity index (χ2v) is 9.13. The first kappa shape index (κ1) is 23.0. The van der Waals surface area contributed by atoms with Gasteiger partial charge < -0.3 is 10.6 Å². The lowest BCUT2D eigenvalue weighted by molar-refractivity contribution is -0.121. The average molecular weight is 448 g/mol. The first-order chi connectivity index (χ1) is 16.0. The second-order valence-electron chi connectivity index (χ2n) is 9.13. The number of aromatic amines is 1. The minimum absolute atomic E-state index is 0.0768. The van der Waals surface area contributed by atoms with Gasteiger partial charge in [0.2, 0.25) is 5.91 Å². The summed E-state index contributed by atoms with van der Waals surface area (Å²) in [5, 5.41) is 13.9. The highest BCUT2D eigenvalue weighted by atomic mass is 16.2. The first-order valence-electron chi connectivity index (χ1n) is 11.8. The van der Waals surface area contributed by atoms with Crippen LogP contribution in [0.15, 0.2) is 30.3 Å². The van der Waals surface area contributed by atoms with Crippen LogP contribution in [0.5, 0.6) is 0 Å². The van der Waals surface area contributed by atoms with E-state index >= 15 is 0 Å². The van der Waals surface area contributed by atoms with Gasteiger partial charge in [-0.3, -0.25) is 19.7 Å². The van der Waals surface area contributed by atoms with Gasteiger partial charge in [0.1, 0.15) is 0 Å². The molecule has 0 bridgehead atoms. The Kier molecular flexibility index (Phi) is 7.06. The van der Waals surface area contributed by atoms with E-state index in [1.54, 1.807) is 7.05 Å². The zero-order chi connectivity index (χ0) is 23.4. The smallest absolute Gasteiger partial charge is 0.251 e. The summed E-state index contributed by atoms with van der Waals surface area (Å²) in [7, 11) is 1.66. The molecule has 0 saturated heterocycles. The molecule has 1 aliphatic carbocycles. The van der Waals surface area contributed by atoms with Gasteiger partial charge in [0.05, 0.1) is 16.8 Å². The van der Waals surface area contributed by atoms with Crippen molar-refractivity contribution in [3.05, 3.63) is 58.5 Å². The van der Waals surface area contributed by atoms with Crippen LogP contribution in [0.2, 0.25) is 0 Å². The molecule has 1 saturated carbocycles. The van der Waals surface area contributed by atoms with Crippen molar-refractivity contribution in [2.24, 2.45) is 5.92 Å². The van der Waals surface area contributed by atoms with Crippen molar-refractivity contribution in [3.63, 3.8) is 0 Å². The molecule has 0 spiro atoms. The predicted molar refractivity (Wildman–Crippen MR) is 129 cm³/mol. The number of H-pyrrole nitrogens is 1. The van der Waals surface area contributed by atoms with Crippen LogP contribution in [0.25, 0.3) is 10.9 Å². The number of pyridine rings is 1. The number of hydrogen-bond acceptors (Lipinski definition) is 4. The van der Waals surface area contributed by atoms with Gasteiger partial charge in [-0.05, 0) is 69.6 Å². The Labute approximate surface area is 194 Å². The van der Waals surface area contributed by atoms with E-state index in [0.29, 0.717) is 30.2 Å². The molecule has 4 rings (SSSR count). The van der Waals surface area contributed by atoms with Crippen molar-refractivity contribution in [1.29, 1.82) is 0 Å². The van der Waals surface area contributed by atoms with Gasteiger partial charge in [-0.1, -0.05) is 18.2 Å². The van der Waals surface area contributed by atoms with Crippen molar-refractivity contribution in [3.8, 4) is 0 Å². The number of para-hydroxylation sites is 1. The molecule has 1 aliphatic rings. The van der Waals surface area contributed by atoms with Crippen LogP contribution in [0.1, 0.15) is 71.0 Å². The molecule has 2 amide bonds. The molecule has 2 heterocycles. The normalized spacial score (nSPS) is 18.3. The molecule has 0 unspecified atom stereocenters. The van der Waals surface area contributed by atoms with Gasteiger partial charge in [0.15, 0.2) is 0 Å². The lowest BCUT2D eigenvalue weighted by Crippen LogP contribution is -2.31. The number of aryl methyl sites for hydroxylation is 2. The second kappa shape index (κ2) is 10.1. The summed E-state index contributed by atoms with van der Waals surface area (Å²) < 4.78 is 0. The van der Waals surface area contributed by atoms with Crippen LogP contribution < -0.4 is 10.6 Å². The van der Waals surface area contributed by atoms with E-state index in [-0.39, 0.29) is 11.8 Å². The highest BCUT2D eigenvalue weighted by molar-refractivity contribution is 6.06. The summed E-state index contributed by atoms with van der Waals surface area (Å²) in [5.74, 6) is 0.856. The summed E-state index contributed by atoms with van der Waals surface area (Å²) >= 11 is 0. The largest absolute Gasteiger partial charge is 0.356 e. The molecule has 174 valence electrons. The van der Waals surface area contributed by atoms with Crippen molar-refractivity contribution < 1.29 is 9.59 Å². The SMILES string of the molecule is CNC(=O)c1cc(C2CCC(CNC(=O)CCc3c(C)n[nH]c3C)CC2)nc2ccccc12. The Morgan fingerprint density at radius 2 is 1.88 bits per heavy atom. The number of fused-ring (bicyclic) bond motifs is 1. The quantitative estimate of drug-likeness (QED) is 0.510. The maximum atomic E-state index is 12.4. The zero-order valence-corrected chi connectivity index (χ0v) is 19.7. The number of rotatable bonds is 7. The third kappa shape index (κ3) is 5.24. The van der Waals surface area contributed by atoms with E-state index in [9.17, 15) is 9.59 Å². The zero-order valence-electron chi connectivity index (χ0n) is 19.7. The summed E-state index contributed by atoms with van der Waals surface area (Å²) in [6.07, 6.45) is 5.34. The fraction of sp³-hybridized carbons (Fsp3) is 0.462. The Balaban J connectivity index is 1.31. The molecule has 33 heavy (non-hydrogen) atoms. The van der Waals surface area contributed by atoms with E-state index < -0.39 is 0 Å². The summed E-state index contributed by atoms with van der Waals surface area (Å²) in [6.45, 7) is 4.69. The highest BCUT2D eigenvalue weighted by Crippen LogP contribution is 2.36. The highest BCUT2D eigenvalue weighted by Gasteiger charge is 2.25. The van der Waals surface area contributed by atoms with E-state index in [4.69, 9.17) is 4.98 Å². The van der Waals surface area contributed by atoms with Crippen molar-refractivity contribution in [2.75, 3.05) is 13.6 Å². The Morgan fingerprint density at radius 1 is 1.12 bits per heavy atom. The van der Waals surface area contributed by atoms with Gasteiger partial charge in [-0.15, -0.1) is 0 Å². The molecule has 3 N–H and O–H groups in total. The molecule has 7 heteroatoms. The minimum Gasteiger partial charge on any atom is -0.356 e. The van der Waals surface area contributed by atoms with Crippen LogP contribution in [-0.2, 0) is 11.2 Å². The summed E-state index contributed by atoms with van der Waals surface area (Å²) in [5.41, 5.74) is 5.72. The number of carbonyl (C=O) groups excluding carboxylic acids is 2. The predicted octanol–water partition coefficient (Wildman–Crippen LogP) is 3.96. The van der Waals surface area contributed by atoms with Gasteiger partial charge in [0.25, 0.3) is 5.91 Å². The molecular weight excluding hydrogens is 414 g/mol. The number of nitrogens with zero attached hydrogens (tertiary/aromatic N) is 2. The van der Waals surface area contributed by atoms with Crippen LogP contribution in [-0.4, -0.2) is 40.6 Å². The summed E-state index contributed by atoms with van der Waals surface area (Å²) in [6, 6.07) is 9.78. The van der Waals surface area contributed by atoms with Crippen molar-refractivity contribution in [1.82, 2.24) is 25.8 Å². The molecule has 0 radical (unpaired) electrons. The average Bonchev–Trinajstić information content (AvgIpc) is 3.17. The molecule has 0 atom stereocenters. The molecule has 3 aromatic rings. The molecule has 2 aromatic heterocycles. The third-order valence-corrected chi connectivity index (χ3v) is 6.94. The van der Waals surface area contributed by atoms with Crippen molar-refractivity contribution in [2.45, 2.75) is 58.3 Å². The number of amides is 2. The number of benzene rings is 1. The fourth-order valence-electron chi connectivity index (χ4n) is 4.92. The van der Waals surface area contributed by atoms with Gasteiger partial charge in [-0.2, -0.15) is 5.10 Å². The Bertz CT molecular complexity index is 1130. The number of aromatic nitrogens is 3. The molecule has 0 aliphatic heterocycles. The van der Waals surface area contributed by atoms with Gasteiger partial charge in [0, 0.05) is 42.7 Å². The Hall–Kier alpha value is -3.22. The lowest BCUT2D eigenvalue weighted by atomic mass is 9.80. The maximum absolute atomic E-state index is 12.4. The third-order valence-electron chi connectivity index (χ3n) is 6.94. The first-order valence-corrected chi connectivity index (χ1v) is 11.8. The number of carbonyl (C=O) groups is 2. The van der Waals surface area contributed by atoms with E-state index in [0.717, 1.165) is 65.8 Å². The topological polar surface area (TPSA) is 99.8 Å². The molecule has 1 aromatic carbocycles. The maximum Gasteiger partial charge on any atom is 0.251 e. The fourth-order valence-corrected chi connectivity index (χ4v) is 4.92. The summed E-state index contributed by atoms with van der Waals surface area (Å²) in [4.78, 5) is 29.7. The Morgan fingerprint density at radius 3 is 2.58 bits per heavy atom. The monoisotopic (exact) mass is 447 g/mol. The standard InChI is InChI=1S/C26H33N5O2/c1-16-20(17(2)31-30-16)12-13-25(32)28-15-18-8-10-19(11-9-18)24-14-22(26(33)27-3)21-6-4-5-7-23(21)29-24/h4-7,14,18-19H,8-13,15H2,1-3H3,(H,27,33)(H,28,32)(H,30,31). The van der Waals surface area contributed by atoms with E-state index in [1.807, 2.05) is 44.2 Å². The number of nitrogens with one attached hydrogen (secondary N) is 3. The lowest BCUT2D eigenvalue weighted by Gasteiger charge is -2.28. The van der Waals surface area contributed by atoms with Gasteiger partial charge in [-0.25, -0.2) is 0 Å². The van der Waals surface area contributed by atoms with E-state index in [1.165, 1.54) is 0 Å². The van der Waals surface area contributed by atoms with Gasteiger partial charge >= 0.3 is 0 Å². The van der Waals surface area contributed by atoms with E-state index in [2.05, 4.69) is 20.8 Å². The van der Waals surface area contributed by atoms with Crippen LogP contribution in [0.4, 0.5) is 0 Å². The molecule has 1 fully saturated rings. The minimum atomic E-state index is -0.0768. The van der Waals surface area contributed by atoms with Crippen molar-refractivity contribution >= 4 is 22.7 Å². The van der Waals surface area contributed by atoms with Crippen LogP contribution in [0, 0.1) is 19.8 Å². The number of hydrogen-bond donors (Lipinski definition) is 3. The molecular formula is C26H33N5O2.